The van der Waals surface area contributed by atoms with Crippen LogP contribution in [0.5, 0.6) is 0 Å². The minimum Gasteiger partial charge on any atom is -0.355 e. The Kier molecular flexibility index (Phi) is 2.14. The van der Waals surface area contributed by atoms with Gasteiger partial charge in [0.15, 0.2) is 0 Å². The molecule has 0 amide bonds. The maximum Gasteiger partial charge on any atom is 0.106 e. The monoisotopic (exact) mass is 266 g/mol. The van der Waals surface area contributed by atoms with Gasteiger partial charge in [0.05, 0.1) is 5.60 Å². The van der Waals surface area contributed by atoms with E-state index in [2.05, 4.69) is 70.2 Å². The molecule has 2 bridgehead atoms. The zero-order chi connectivity index (χ0) is 14.2. The number of hydrogen-bond donors (Lipinski definition) is 0. The third-order valence-electron chi connectivity index (χ3n) is 5.46. The molecule has 0 spiro atoms. The molecule has 1 aromatic rings. The summed E-state index contributed by atoms with van der Waals surface area (Å²) in [4.78, 5) is 0. The van der Waals surface area contributed by atoms with Crippen molar-refractivity contribution in [1.82, 2.24) is 0 Å². The van der Waals surface area contributed by atoms with E-state index in [4.69, 9.17) is 4.74 Å². The Balaban J connectivity index is 1.92. The van der Waals surface area contributed by atoms with Gasteiger partial charge in [-0.2, -0.15) is 0 Å². The van der Waals surface area contributed by atoms with Crippen LogP contribution in [0.25, 0.3) is 6.08 Å². The summed E-state index contributed by atoms with van der Waals surface area (Å²) in [5.41, 5.74) is 4.04. The van der Waals surface area contributed by atoms with Crippen molar-refractivity contribution < 1.29 is 4.74 Å². The van der Waals surface area contributed by atoms with Gasteiger partial charge >= 0.3 is 0 Å². The highest BCUT2D eigenvalue weighted by molar-refractivity contribution is 5.67. The average Bonchev–Trinajstić information content (AvgIpc) is 2.88. The van der Waals surface area contributed by atoms with E-state index in [-0.39, 0.29) is 16.6 Å². The first kappa shape index (κ1) is 12.4. The first-order valence-electron chi connectivity index (χ1n) is 7.56. The van der Waals surface area contributed by atoms with Crippen LogP contribution in [0.1, 0.15) is 38.8 Å². The summed E-state index contributed by atoms with van der Waals surface area (Å²) in [6, 6.07) is 8.76. The third kappa shape index (κ3) is 1.32. The largest absolute Gasteiger partial charge is 0.355 e. The van der Waals surface area contributed by atoms with Gasteiger partial charge in [0.1, 0.15) is 5.60 Å². The molecule has 2 aliphatic heterocycles. The molecule has 3 aliphatic rings. The van der Waals surface area contributed by atoms with E-state index in [1.54, 1.807) is 0 Å². The normalized spacial score (nSPS) is 37.6. The molecule has 20 heavy (non-hydrogen) atoms. The summed E-state index contributed by atoms with van der Waals surface area (Å²) >= 11 is 0. The van der Waals surface area contributed by atoms with Gasteiger partial charge < -0.3 is 4.74 Å². The molecule has 1 saturated heterocycles. The second-order valence-electron chi connectivity index (χ2n) is 7.64. The van der Waals surface area contributed by atoms with E-state index >= 15 is 0 Å². The lowest BCUT2D eigenvalue weighted by Gasteiger charge is -2.43. The fourth-order valence-corrected chi connectivity index (χ4v) is 4.30. The Morgan fingerprint density at radius 1 is 1.15 bits per heavy atom. The van der Waals surface area contributed by atoms with Crippen LogP contribution in [-0.2, 0) is 11.2 Å². The highest BCUT2D eigenvalue weighted by atomic mass is 16.5. The minimum atomic E-state index is -0.203. The van der Waals surface area contributed by atoms with E-state index in [0.29, 0.717) is 5.92 Å². The maximum absolute atomic E-state index is 6.61. The molecule has 1 heteroatoms. The lowest BCUT2D eigenvalue weighted by molar-refractivity contribution is -0.0945. The van der Waals surface area contributed by atoms with Crippen LogP contribution in [0.15, 0.2) is 42.0 Å². The molecule has 0 saturated carbocycles. The molecular formula is C19H22O. The average molecular weight is 266 g/mol. The molecule has 0 N–H and O–H groups in total. The van der Waals surface area contributed by atoms with Crippen molar-refractivity contribution in [2.45, 2.75) is 45.3 Å². The number of benzene rings is 1. The fraction of sp³-hybridized carbons (Fsp3) is 0.474. The molecule has 4 rings (SSSR count). The highest BCUT2D eigenvalue weighted by Crippen LogP contribution is 2.61. The van der Waals surface area contributed by atoms with Gasteiger partial charge in [-0.25, -0.2) is 0 Å². The Morgan fingerprint density at radius 2 is 1.90 bits per heavy atom. The molecule has 1 aliphatic carbocycles. The van der Waals surface area contributed by atoms with Crippen LogP contribution in [0, 0.1) is 11.3 Å². The number of hydrogen-bond acceptors (Lipinski definition) is 1. The molecule has 1 nitrogen and oxygen atoms in total. The van der Waals surface area contributed by atoms with Gasteiger partial charge in [-0.05, 0) is 35.5 Å². The summed E-state index contributed by atoms with van der Waals surface area (Å²) in [6.07, 6.45) is 8.08. The molecule has 0 unspecified atom stereocenters. The summed E-state index contributed by atoms with van der Waals surface area (Å²) in [7, 11) is 0. The van der Waals surface area contributed by atoms with Crippen molar-refractivity contribution >= 4 is 6.08 Å². The topological polar surface area (TPSA) is 9.23 Å². The van der Waals surface area contributed by atoms with Crippen LogP contribution >= 0.6 is 0 Å². The predicted octanol–water partition coefficient (Wildman–Crippen LogP) is 4.39. The first-order chi connectivity index (χ1) is 9.36. The van der Waals surface area contributed by atoms with Crippen molar-refractivity contribution in [1.29, 1.82) is 0 Å². The molecule has 0 aromatic heterocycles. The Morgan fingerprint density at radius 3 is 2.65 bits per heavy atom. The number of ether oxygens (including phenoxy) is 1. The summed E-state index contributed by atoms with van der Waals surface area (Å²) < 4.78 is 6.61. The van der Waals surface area contributed by atoms with Crippen molar-refractivity contribution in [2.75, 3.05) is 0 Å². The molecule has 3 atom stereocenters. The third-order valence-corrected chi connectivity index (χ3v) is 5.46. The Bertz CT molecular complexity index is 646. The van der Waals surface area contributed by atoms with E-state index in [9.17, 15) is 0 Å². The zero-order valence-electron chi connectivity index (χ0n) is 12.7. The molecule has 0 radical (unpaired) electrons. The van der Waals surface area contributed by atoms with Crippen LogP contribution in [-0.4, -0.2) is 11.2 Å². The SMILES string of the molecule is CC(C)(C)[C@]12C=C[C@](C)(O1)C1=Cc3ccccc3C[C@H]12. The van der Waals surface area contributed by atoms with Crippen molar-refractivity contribution in [3.8, 4) is 0 Å². The van der Waals surface area contributed by atoms with Crippen molar-refractivity contribution in [3.05, 3.63) is 53.1 Å². The maximum atomic E-state index is 6.61. The Labute approximate surface area is 121 Å². The van der Waals surface area contributed by atoms with E-state index < -0.39 is 0 Å². The van der Waals surface area contributed by atoms with Gasteiger partial charge in [0.25, 0.3) is 0 Å². The minimum absolute atomic E-state index is 0.105. The fourth-order valence-electron chi connectivity index (χ4n) is 4.30. The van der Waals surface area contributed by atoms with Gasteiger partial charge in [0, 0.05) is 5.92 Å². The molecular weight excluding hydrogens is 244 g/mol. The lowest BCUT2D eigenvalue weighted by atomic mass is 9.61. The quantitative estimate of drug-likeness (QED) is 0.633. The molecule has 2 heterocycles. The standard InChI is InChI=1S/C19H22O/c1-17(2,3)19-10-9-18(4,20-19)15-11-13-7-5-6-8-14(13)12-16(15)19/h5-11,16H,12H2,1-4H3/t16-,18+,19-/m1/s1. The van der Waals surface area contributed by atoms with Gasteiger partial charge in [0.2, 0.25) is 0 Å². The predicted molar refractivity (Wildman–Crippen MR) is 82.4 cm³/mol. The molecule has 1 aromatic carbocycles. The van der Waals surface area contributed by atoms with Gasteiger partial charge in [-0.15, -0.1) is 0 Å². The van der Waals surface area contributed by atoms with Gasteiger partial charge in [-0.1, -0.05) is 63.3 Å². The first-order valence-corrected chi connectivity index (χ1v) is 7.56. The molecule has 1 fully saturated rings. The van der Waals surface area contributed by atoms with Crippen LogP contribution in [0.3, 0.4) is 0 Å². The van der Waals surface area contributed by atoms with Crippen LogP contribution in [0.2, 0.25) is 0 Å². The van der Waals surface area contributed by atoms with Crippen LogP contribution < -0.4 is 0 Å². The summed E-state index contributed by atoms with van der Waals surface area (Å²) in [6.45, 7) is 9.11. The number of fused-ring (bicyclic) bond motifs is 6. The highest BCUT2D eigenvalue weighted by Gasteiger charge is 2.63. The second kappa shape index (κ2) is 3.46. The second-order valence-corrected chi connectivity index (χ2v) is 7.64. The zero-order valence-corrected chi connectivity index (χ0v) is 12.7. The van der Waals surface area contributed by atoms with Crippen molar-refractivity contribution in [2.24, 2.45) is 11.3 Å². The van der Waals surface area contributed by atoms with E-state index in [0.717, 1.165) is 6.42 Å². The number of rotatable bonds is 0. The van der Waals surface area contributed by atoms with Gasteiger partial charge in [-0.3, -0.25) is 0 Å². The van der Waals surface area contributed by atoms with E-state index in [1.165, 1.54) is 16.7 Å². The molecule has 104 valence electrons. The van der Waals surface area contributed by atoms with Crippen molar-refractivity contribution in [3.63, 3.8) is 0 Å². The summed E-state index contributed by atoms with van der Waals surface area (Å²) in [5, 5.41) is 0. The van der Waals surface area contributed by atoms with E-state index in [1.807, 2.05) is 0 Å². The summed E-state index contributed by atoms with van der Waals surface area (Å²) in [5.74, 6) is 0.479. The Hall–Kier alpha value is -1.34. The smallest absolute Gasteiger partial charge is 0.106 e. The lowest BCUT2D eigenvalue weighted by Crippen LogP contribution is -2.46. The van der Waals surface area contributed by atoms with Crippen LogP contribution in [0.4, 0.5) is 0 Å².